The van der Waals surface area contributed by atoms with Gasteiger partial charge in [-0.1, -0.05) is 30.3 Å². The summed E-state index contributed by atoms with van der Waals surface area (Å²) in [6.07, 6.45) is 3.49. The first-order valence-corrected chi connectivity index (χ1v) is 5.54. The van der Waals surface area contributed by atoms with Gasteiger partial charge >= 0.3 is 0 Å². The highest BCUT2D eigenvalue weighted by Crippen LogP contribution is 1.99. The van der Waals surface area contributed by atoms with Crippen LogP contribution in [0.2, 0.25) is 0 Å². The van der Waals surface area contributed by atoms with Crippen LogP contribution in [0.5, 0.6) is 0 Å². The second-order valence-electron chi connectivity index (χ2n) is 3.75. The van der Waals surface area contributed by atoms with Crippen molar-refractivity contribution in [3.63, 3.8) is 0 Å². The van der Waals surface area contributed by atoms with Crippen LogP contribution in [0.15, 0.2) is 54.9 Å². The smallest absolute Gasteiger partial charge is 0.176 e. The van der Waals surface area contributed by atoms with Crippen LogP contribution in [-0.2, 0) is 6.54 Å². The molecule has 1 heterocycles. The molecule has 0 saturated carbocycles. The minimum absolute atomic E-state index is 0.111. The van der Waals surface area contributed by atoms with E-state index >= 15 is 0 Å². The lowest BCUT2D eigenvalue weighted by molar-refractivity contribution is 0.0991. The molecule has 2 aromatic rings. The number of carbonyl (C=O) groups is 1. The number of nitrogens with one attached hydrogen (secondary N) is 1. The van der Waals surface area contributed by atoms with E-state index in [2.05, 4.69) is 10.3 Å². The van der Waals surface area contributed by atoms with Crippen molar-refractivity contribution in [1.29, 1.82) is 0 Å². The van der Waals surface area contributed by atoms with Crippen molar-refractivity contribution >= 4 is 5.78 Å². The molecule has 0 aliphatic heterocycles. The molecule has 3 nitrogen and oxygen atoms in total. The molecule has 0 radical (unpaired) electrons. The lowest BCUT2D eigenvalue weighted by atomic mass is 10.1. The van der Waals surface area contributed by atoms with Crippen molar-refractivity contribution < 1.29 is 4.79 Å². The Balaban J connectivity index is 1.82. The molecular formula is C14H14N2O. The maximum absolute atomic E-state index is 11.8. The van der Waals surface area contributed by atoms with Gasteiger partial charge in [-0.25, -0.2) is 0 Å². The van der Waals surface area contributed by atoms with Gasteiger partial charge in [0.2, 0.25) is 0 Å². The Hall–Kier alpha value is -2.00. The topological polar surface area (TPSA) is 42.0 Å². The minimum atomic E-state index is 0.111. The van der Waals surface area contributed by atoms with Crippen LogP contribution < -0.4 is 5.32 Å². The molecule has 0 unspecified atom stereocenters. The van der Waals surface area contributed by atoms with Gasteiger partial charge in [-0.2, -0.15) is 0 Å². The fourth-order valence-electron chi connectivity index (χ4n) is 1.55. The maximum atomic E-state index is 11.8. The first-order chi connectivity index (χ1) is 8.36. The van der Waals surface area contributed by atoms with Crippen molar-refractivity contribution in [3.05, 3.63) is 66.0 Å². The van der Waals surface area contributed by atoms with Gasteiger partial charge in [0, 0.05) is 24.5 Å². The maximum Gasteiger partial charge on any atom is 0.176 e. The van der Waals surface area contributed by atoms with Crippen LogP contribution in [0.3, 0.4) is 0 Å². The highest BCUT2D eigenvalue weighted by Gasteiger charge is 2.03. The van der Waals surface area contributed by atoms with Gasteiger partial charge in [-0.05, 0) is 17.7 Å². The monoisotopic (exact) mass is 226 g/mol. The van der Waals surface area contributed by atoms with Crippen molar-refractivity contribution in [3.8, 4) is 0 Å². The number of rotatable bonds is 5. The summed E-state index contributed by atoms with van der Waals surface area (Å²) in [5.74, 6) is 0.111. The van der Waals surface area contributed by atoms with Crippen molar-refractivity contribution in [2.24, 2.45) is 0 Å². The number of Topliss-reactive ketones (excluding diaryl/α,β-unsaturated/α-hetero) is 1. The summed E-state index contributed by atoms with van der Waals surface area (Å²) in [6.45, 7) is 1.04. The van der Waals surface area contributed by atoms with Gasteiger partial charge in [-0.3, -0.25) is 9.78 Å². The number of hydrogen-bond acceptors (Lipinski definition) is 3. The summed E-state index contributed by atoms with van der Waals surface area (Å²) >= 11 is 0. The van der Waals surface area contributed by atoms with E-state index in [0.29, 0.717) is 13.1 Å². The number of aromatic nitrogens is 1. The lowest BCUT2D eigenvalue weighted by Crippen LogP contribution is -2.22. The third-order valence-electron chi connectivity index (χ3n) is 2.46. The summed E-state index contributed by atoms with van der Waals surface area (Å²) in [5, 5.41) is 3.12. The molecule has 0 aliphatic rings. The first-order valence-electron chi connectivity index (χ1n) is 5.54. The zero-order chi connectivity index (χ0) is 11.9. The van der Waals surface area contributed by atoms with Gasteiger partial charge in [0.05, 0.1) is 6.54 Å². The van der Waals surface area contributed by atoms with E-state index < -0.39 is 0 Å². The van der Waals surface area contributed by atoms with Gasteiger partial charge in [0.1, 0.15) is 0 Å². The molecule has 0 bridgehead atoms. The number of nitrogens with zero attached hydrogens (tertiary/aromatic N) is 1. The number of ketones is 1. The van der Waals surface area contributed by atoms with E-state index in [4.69, 9.17) is 0 Å². The number of pyridine rings is 1. The van der Waals surface area contributed by atoms with E-state index in [1.54, 1.807) is 12.4 Å². The third-order valence-corrected chi connectivity index (χ3v) is 2.46. The number of benzene rings is 1. The zero-order valence-electron chi connectivity index (χ0n) is 9.47. The largest absolute Gasteiger partial charge is 0.306 e. The molecule has 3 heteroatoms. The summed E-state index contributed by atoms with van der Waals surface area (Å²) in [5.41, 5.74) is 1.87. The molecule has 0 spiro atoms. The summed E-state index contributed by atoms with van der Waals surface area (Å²) in [4.78, 5) is 15.7. The van der Waals surface area contributed by atoms with Crippen molar-refractivity contribution in [2.45, 2.75) is 6.54 Å². The number of carbonyl (C=O) groups excluding carboxylic acids is 1. The van der Waals surface area contributed by atoms with Crippen molar-refractivity contribution in [2.75, 3.05) is 6.54 Å². The predicted molar refractivity (Wildman–Crippen MR) is 66.7 cm³/mol. The van der Waals surface area contributed by atoms with E-state index in [0.717, 1.165) is 11.1 Å². The molecule has 0 aliphatic carbocycles. The minimum Gasteiger partial charge on any atom is -0.306 e. The molecule has 1 N–H and O–H groups in total. The fourth-order valence-corrected chi connectivity index (χ4v) is 1.55. The molecule has 1 aromatic heterocycles. The van der Waals surface area contributed by atoms with Crippen LogP contribution in [-0.4, -0.2) is 17.3 Å². The standard InChI is InChI=1S/C14H14N2O/c17-14(13-4-2-1-3-5-13)11-16-10-12-6-8-15-9-7-12/h1-9,16H,10-11H2. The fraction of sp³-hybridized carbons (Fsp3) is 0.143. The van der Waals surface area contributed by atoms with E-state index in [1.807, 2.05) is 42.5 Å². The third kappa shape index (κ3) is 3.50. The molecule has 86 valence electrons. The van der Waals surface area contributed by atoms with Crippen LogP contribution in [0.25, 0.3) is 0 Å². The molecule has 1 aromatic carbocycles. The summed E-state index contributed by atoms with van der Waals surface area (Å²) < 4.78 is 0. The normalized spacial score (nSPS) is 10.1. The molecular weight excluding hydrogens is 212 g/mol. The Kier molecular flexibility index (Phi) is 4.00. The van der Waals surface area contributed by atoms with Crippen LogP contribution in [0.1, 0.15) is 15.9 Å². The Morgan fingerprint density at radius 2 is 1.76 bits per heavy atom. The van der Waals surface area contributed by atoms with E-state index in [1.165, 1.54) is 0 Å². The quantitative estimate of drug-likeness (QED) is 0.793. The first kappa shape index (κ1) is 11.5. The van der Waals surface area contributed by atoms with Crippen LogP contribution in [0.4, 0.5) is 0 Å². The van der Waals surface area contributed by atoms with Crippen LogP contribution in [0, 0.1) is 0 Å². The number of hydrogen-bond donors (Lipinski definition) is 1. The molecule has 0 saturated heterocycles. The molecule has 0 fully saturated rings. The molecule has 2 rings (SSSR count). The average molecular weight is 226 g/mol. The Bertz CT molecular complexity index is 468. The van der Waals surface area contributed by atoms with Gasteiger partial charge < -0.3 is 5.32 Å². The van der Waals surface area contributed by atoms with E-state index in [-0.39, 0.29) is 5.78 Å². The Labute approximate surface area is 101 Å². The molecule has 17 heavy (non-hydrogen) atoms. The Morgan fingerprint density at radius 3 is 2.47 bits per heavy atom. The van der Waals surface area contributed by atoms with Gasteiger partial charge in [0.15, 0.2) is 5.78 Å². The predicted octanol–water partition coefficient (Wildman–Crippen LogP) is 2.05. The highest BCUT2D eigenvalue weighted by atomic mass is 16.1. The lowest BCUT2D eigenvalue weighted by Gasteiger charge is -2.04. The summed E-state index contributed by atoms with van der Waals surface area (Å²) in [7, 11) is 0. The zero-order valence-corrected chi connectivity index (χ0v) is 9.47. The second-order valence-corrected chi connectivity index (χ2v) is 3.75. The second kappa shape index (κ2) is 5.92. The van der Waals surface area contributed by atoms with E-state index in [9.17, 15) is 4.79 Å². The van der Waals surface area contributed by atoms with Crippen molar-refractivity contribution in [1.82, 2.24) is 10.3 Å². The highest BCUT2D eigenvalue weighted by molar-refractivity contribution is 5.97. The average Bonchev–Trinajstić information content (AvgIpc) is 2.41. The summed E-state index contributed by atoms with van der Waals surface area (Å²) in [6, 6.07) is 13.2. The SMILES string of the molecule is O=C(CNCc1ccncc1)c1ccccc1. The van der Waals surface area contributed by atoms with Gasteiger partial charge in [0.25, 0.3) is 0 Å². The molecule has 0 amide bonds. The van der Waals surface area contributed by atoms with Crippen LogP contribution >= 0.6 is 0 Å². The van der Waals surface area contributed by atoms with Gasteiger partial charge in [-0.15, -0.1) is 0 Å². The Morgan fingerprint density at radius 1 is 1.06 bits per heavy atom. The molecule has 0 atom stereocenters.